The zero-order valence-electron chi connectivity index (χ0n) is 11.4. The Morgan fingerprint density at radius 3 is 2.78 bits per heavy atom. The lowest BCUT2D eigenvalue weighted by Crippen LogP contribution is -2.17. The summed E-state index contributed by atoms with van der Waals surface area (Å²) in [5.74, 6) is 0. The molecule has 2 rings (SSSR count). The average molecular weight is 243 g/mol. The molecule has 0 bridgehead atoms. The highest BCUT2D eigenvalue weighted by Gasteiger charge is 2.02. The van der Waals surface area contributed by atoms with Crippen molar-refractivity contribution in [3.8, 4) is 0 Å². The van der Waals surface area contributed by atoms with Gasteiger partial charge >= 0.3 is 0 Å². The largest absolute Gasteiger partial charge is 0.312 e. The fourth-order valence-corrected chi connectivity index (χ4v) is 2.04. The Bertz CT molecular complexity index is 514. The Balaban J connectivity index is 1.78. The number of aryl methyl sites for hydroxylation is 2. The molecule has 0 aliphatic carbocycles. The van der Waals surface area contributed by atoms with Crippen LogP contribution in [0.5, 0.6) is 0 Å². The maximum Gasteiger partial charge on any atom is 0.0537 e. The Labute approximate surface area is 109 Å². The Hall–Kier alpha value is -1.61. The van der Waals surface area contributed by atoms with Gasteiger partial charge in [-0.3, -0.25) is 4.68 Å². The first kappa shape index (κ1) is 12.8. The molecule has 0 aliphatic rings. The number of rotatable bonds is 5. The number of aromatic nitrogens is 2. The molecule has 3 heteroatoms. The van der Waals surface area contributed by atoms with Crippen LogP contribution in [0.3, 0.4) is 0 Å². The quantitative estimate of drug-likeness (QED) is 0.817. The van der Waals surface area contributed by atoms with Crippen LogP contribution in [0.15, 0.2) is 30.5 Å². The minimum absolute atomic E-state index is 0.894. The van der Waals surface area contributed by atoms with Crippen LogP contribution in [0.2, 0.25) is 0 Å². The summed E-state index contributed by atoms with van der Waals surface area (Å²) in [4.78, 5) is 0. The lowest BCUT2D eigenvalue weighted by Gasteiger charge is -2.05. The lowest BCUT2D eigenvalue weighted by molar-refractivity contribution is 0.679. The summed E-state index contributed by atoms with van der Waals surface area (Å²) >= 11 is 0. The van der Waals surface area contributed by atoms with E-state index in [1.165, 1.54) is 22.4 Å². The van der Waals surface area contributed by atoms with E-state index in [0.717, 1.165) is 19.5 Å². The molecule has 0 atom stereocenters. The van der Waals surface area contributed by atoms with E-state index in [9.17, 15) is 0 Å². The third-order valence-corrected chi connectivity index (χ3v) is 3.33. The molecule has 3 nitrogen and oxygen atoms in total. The summed E-state index contributed by atoms with van der Waals surface area (Å²) in [6.45, 7) is 6.13. The molecule has 0 saturated heterocycles. The van der Waals surface area contributed by atoms with Crippen molar-refractivity contribution in [2.45, 2.75) is 26.8 Å². The molecule has 18 heavy (non-hydrogen) atoms. The van der Waals surface area contributed by atoms with Crippen molar-refractivity contribution in [1.82, 2.24) is 15.1 Å². The third kappa shape index (κ3) is 3.20. The number of nitrogens with zero attached hydrogens (tertiary/aromatic N) is 2. The third-order valence-electron chi connectivity index (χ3n) is 3.33. The van der Waals surface area contributed by atoms with Crippen molar-refractivity contribution >= 4 is 0 Å². The number of benzene rings is 1. The van der Waals surface area contributed by atoms with Crippen molar-refractivity contribution < 1.29 is 0 Å². The molecule has 0 radical (unpaired) electrons. The second kappa shape index (κ2) is 5.83. The fourth-order valence-electron chi connectivity index (χ4n) is 2.04. The van der Waals surface area contributed by atoms with E-state index in [1.807, 2.05) is 17.9 Å². The van der Waals surface area contributed by atoms with Crippen LogP contribution >= 0.6 is 0 Å². The SMILES string of the molecule is Cc1cccc(CCNCc2cnn(C)c2C)c1. The smallest absolute Gasteiger partial charge is 0.0537 e. The highest BCUT2D eigenvalue weighted by Crippen LogP contribution is 2.06. The molecule has 96 valence electrons. The van der Waals surface area contributed by atoms with Gasteiger partial charge in [0.15, 0.2) is 0 Å². The molecule has 0 spiro atoms. The van der Waals surface area contributed by atoms with Crippen molar-refractivity contribution in [3.63, 3.8) is 0 Å². The highest BCUT2D eigenvalue weighted by atomic mass is 15.3. The van der Waals surface area contributed by atoms with Gasteiger partial charge in [0.1, 0.15) is 0 Å². The number of hydrogen-bond donors (Lipinski definition) is 1. The first-order valence-corrected chi connectivity index (χ1v) is 6.40. The molecule has 0 saturated carbocycles. The van der Waals surface area contributed by atoms with Crippen molar-refractivity contribution in [2.24, 2.45) is 7.05 Å². The summed E-state index contributed by atoms with van der Waals surface area (Å²) in [5, 5.41) is 7.71. The maximum absolute atomic E-state index is 4.24. The van der Waals surface area contributed by atoms with E-state index in [4.69, 9.17) is 0 Å². The van der Waals surface area contributed by atoms with E-state index < -0.39 is 0 Å². The van der Waals surface area contributed by atoms with Gasteiger partial charge < -0.3 is 5.32 Å². The molecule has 1 aromatic heterocycles. The van der Waals surface area contributed by atoms with E-state index in [2.05, 4.69) is 48.5 Å². The lowest BCUT2D eigenvalue weighted by atomic mass is 10.1. The fraction of sp³-hybridized carbons (Fsp3) is 0.400. The van der Waals surface area contributed by atoms with Crippen LogP contribution in [0.1, 0.15) is 22.4 Å². The molecule has 0 fully saturated rings. The summed E-state index contributed by atoms with van der Waals surface area (Å²) in [7, 11) is 1.98. The van der Waals surface area contributed by atoms with Gasteiger partial charge in [-0.25, -0.2) is 0 Å². The van der Waals surface area contributed by atoms with Gasteiger partial charge in [0.2, 0.25) is 0 Å². The van der Waals surface area contributed by atoms with Crippen LogP contribution in [-0.2, 0) is 20.0 Å². The summed E-state index contributed by atoms with van der Waals surface area (Å²) in [5.41, 5.74) is 5.24. The first-order chi connectivity index (χ1) is 8.66. The molecule has 2 aromatic rings. The van der Waals surface area contributed by atoms with Gasteiger partial charge in [0.25, 0.3) is 0 Å². The molecule has 1 heterocycles. The number of hydrogen-bond acceptors (Lipinski definition) is 2. The van der Waals surface area contributed by atoms with Gasteiger partial charge in [0.05, 0.1) is 6.20 Å². The van der Waals surface area contributed by atoms with Crippen LogP contribution in [-0.4, -0.2) is 16.3 Å². The maximum atomic E-state index is 4.24. The Morgan fingerprint density at radius 2 is 2.11 bits per heavy atom. The molecule has 1 N–H and O–H groups in total. The minimum atomic E-state index is 0.894. The standard InChI is InChI=1S/C15H21N3/c1-12-5-4-6-14(9-12)7-8-16-10-15-11-17-18(3)13(15)2/h4-6,9,11,16H,7-8,10H2,1-3H3. The monoisotopic (exact) mass is 243 g/mol. The predicted molar refractivity (Wildman–Crippen MR) is 74.5 cm³/mol. The molecule has 0 amide bonds. The van der Waals surface area contributed by atoms with Crippen LogP contribution in [0.25, 0.3) is 0 Å². The van der Waals surface area contributed by atoms with Crippen LogP contribution in [0.4, 0.5) is 0 Å². The van der Waals surface area contributed by atoms with Gasteiger partial charge in [0, 0.05) is 24.8 Å². The zero-order chi connectivity index (χ0) is 13.0. The average Bonchev–Trinajstić information content (AvgIpc) is 2.66. The van der Waals surface area contributed by atoms with E-state index in [1.54, 1.807) is 0 Å². The van der Waals surface area contributed by atoms with E-state index in [-0.39, 0.29) is 0 Å². The predicted octanol–water partition coefficient (Wildman–Crippen LogP) is 2.37. The van der Waals surface area contributed by atoms with Crippen LogP contribution < -0.4 is 5.32 Å². The van der Waals surface area contributed by atoms with E-state index in [0.29, 0.717) is 0 Å². The molecule has 0 unspecified atom stereocenters. The first-order valence-electron chi connectivity index (χ1n) is 6.40. The van der Waals surface area contributed by atoms with Gasteiger partial charge in [-0.15, -0.1) is 0 Å². The molecule has 1 aromatic carbocycles. The summed E-state index contributed by atoms with van der Waals surface area (Å²) in [6, 6.07) is 8.69. The van der Waals surface area contributed by atoms with Gasteiger partial charge in [-0.1, -0.05) is 29.8 Å². The Kier molecular flexibility index (Phi) is 4.15. The topological polar surface area (TPSA) is 29.9 Å². The van der Waals surface area contributed by atoms with E-state index >= 15 is 0 Å². The zero-order valence-corrected chi connectivity index (χ0v) is 11.4. The second-order valence-electron chi connectivity index (χ2n) is 4.79. The molecular weight excluding hydrogens is 222 g/mol. The summed E-state index contributed by atoms with van der Waals surface area (Å²) in [6.07, 6.45) is 3.01. The van der Waals surface area contributed by atoms with Crippen molar-refractivity contribution in [3.05, 3.63) is 52.8 Å². The van der Waals surface area contributed by atoms with Crippen molar-refractivity contribution in [1.29, 1.82) is 0 Å². The van der Waals surface area contributed by atoms with Crippen LogP contribution in [0, 0.1) is 13.8 Å². The highest BCUT2D eigenvalue weighted by molar-refractivity contribution is 5.22. The second-order valence-corrected chi connectivity index (χ2v) is 4.79. The number of nitrogens with one attached hydrogen (secondary N) is 1. The van der Waals surface area contributed by atoms with Gasteiger partial charge in [-0.2, -0.15) is 5.10 Å². The summed E-state index contributed by atoms with van der Waals surface area (Å²) < 4.78 is 1.91. The normalized spacial score (nSPS) is 10.8. The minimum Gasteiger partial charge on any atom is -0.312 e. The van der Waals surface area contributed by atoms with Gasteiger partial charge in [-0.05, 0) is 32.4 Å². The Morgan fingerprint density at radius 1 is 1.28 bits per heavy atom. The molecular formula is C15H21N3. The van der Waals surface area contributed by atoms with Crippen molar-refractivity contribution in [2.75, 3.05) is 6.54 Å². The molecule has 0 aliphatic heterocycles.